The smallest absolute Gasteiger partial charge is 0.251 e. The standard InChI is InChI=1S/C15H19NOS/c17-15(13-7-4-8-14(18)11-13)16-10-9-12-5-2-1-3-6-12/h4-5,7-8,11,18H,1-3,6,9-10H2,(H,16,17). The van der Waals surface area contributed by atoms with E-state index in [0.717, 1.165) is 17.9 Å². The van der Waals surface area contributed by atoms with Crippen molar-refractivity contribution in [1.82, 2.24) is 5.32 Å². The summed E-state index contributed by atoms with van der Waals surface area (Å²) in [7, 11) is 0. The Morgan fingerprint density at radius 3 is 2.94 bits per heavy atom. The summed E-state index contributed by atoms with van der Waals surface area (Å²) in [6.07, 6.45) is 8.30. The molecule has 2 rings (SSSR count). The number of rotatable bonds is 4. The Morgan fingerprint density at radius 1 is 1.33 bits per heavy atom. The molecule has 0 aromatic heterocycles. The summed E-state index contributed by atoms with van der Waals surface area (Å²) in [5.74, 6) is -0.0118. The van der Waals surface area contributed by atoms with Crippen molar-refractivity contribution in [3.05, 3.63) is 41.5 Å². The molecule has 0 heterocycles. The Morgan fingerprint density at radius 2 is 2.22 bits per heavy atom. The zero-order valence-corrected chi connectivity index (χ0v) is 11.4. The Hall–Kier alpha value is -1.22. The minimum Gasteiger partial charge on any atom is -0.352 e. The lowest BCUT2D eigenvalue weighted by atomic mass is 9.97. The van der Waals surface area contributed by atoms with E-state index in [4.69, 9.17) is 0 Å². The van der Waals surface area contributed by atoms with Crippen LogP contribution in [-0.2, 0) is 0 Å². The van der Waals surface area contributed by atoms with E-state index in [-0.39, 0.29) is 5.91 Å². The van der Waals surface area contributed by atoms with Crippen LogP contribution < -0.4 is 5.32 Å². The fraction of sp³-hybridized carbons (Fsp3) is 0.400. The van der Waals surface area contributed by atoms with Crippen molar-refractivity contribution in [2.75, 3.05) is 6.54 Å². The van der Waals surface area contributed by atoms with Gasteiger partial charge in [0.25, 0.3) is 5.91 Å². The van der Waals surface area contributed by atoms with Crippen LogP contribution in [0.3, 0.4) is 0 Å². The molecule has 3 heteroatoms. The van der Waals surface area contributed by atoms with Gasteiger partial charge in [-0.2, -0.15) is 0 Å². The monoisotopic (exact) mass is 261 g/mol. The third kappa shape index (κ3) is 3.91. The zero-order valence-electron chi connectivity index (χ0n) is 10.5. The van der Waals surface area contributed by atoms with Crippen molar-refractivity contribution in [2.24, 2.45) is 0 Å². The number of hydrogen-bond donors (Lipinski definition) is 2. The number of benzene rings is 1. The lowest BCUT2D eigenvalue weighted by Gasteiger charge is -2.13. The van der Waals surface area contributed by atoms with Gasteiger partial charge in [0.1, 0.15) is 0 Å². The van der Waals surface area contributed by atoms with Crippen LogP contribution in [0.1, 0.15) is 42.5 Å². The van der Waals surface area contributed by atoms with Gasteiger partial charge in [-0.05, 0) is 50.3 Å². The van der Waals surface area contributed by atoms with Crippen LogP contribution in [0.15, 0.2) is 40.8 Å². The van der Waals surface area contributed by atoms with Crippen LogP contribution in [0.4, 0.5) is 0 Å². The lowest BCUT2D eigenvalue weighted by Crippen LogP contribution is -2.24. The van der Waals surface area contributed by atoms with Gasteiger partial charge in [0.05, 0.1) is 0 Å². The third-order valence-electron chi connectivity index (χ3n) is 3.23. The predicted octanol–water partition coefficient (Wildman–Crippen LogP) is 3.60. The van der Waals surface area contributed by atoms with Gasteiger partial charge in [-0.1, -0.05) is 17.7 Å². The Kier molecular flexibility index (Phi) is 4.88. The minimum absolute atomic E-state index is 0.0118. The fourth-order valence-electron chi connectivity index (χ4n) is 2.22. The number of amides is 1. The van der Waals surface area contributed by atoms with Crippen LogP contribution in [0, 0.1) is 0 Å². The second kappa shape index (κ2) is 6.64. The maximum Gasteiger partial charge on any atom is 0.251 e. The van der Waals surface area contributed by atoms with Gasteiger partial charge in [0.15, 0.2) is 0 Å². The first kappa shape index (κ1) is 13.2. The first-order valence-corrected chi connectivity index (χ1v) is 6.95. The zero-order chi connectivity index (χ0) is 12.8. The first-order valence-electron chi connectivity index (χ1n) is 6.51. The van der Waals surface area contributed by atoms with Crippen molar-refractivity contribution in [1.29, 1.82) is 0 Å². The van der Waals surface area contributed by atoms with E-state index < -0.39 is 0 Å². The van der Waals surface area contributed by atoms with Gasteiger partial charge >= 0.3 is 0 Å². The van der Waals surface area contributed by atoms with E-state index in [1.165, 1.54) is 31.3 Å². The van der Waals surface area contributed by atoms with Crippen molar-refractivity contribution >= 4 is 18.5 Å². The molecule has 1 aromatic rings. The maximum atomic E-state index is 11.9. The second-order valence-electron chi connectivity index (χ2n) is 4.66. The molecule has 96 valence electrons. The molecule has 0 saturated carbocycles. The number of thiol groups is 1. The van der Waals surface area contributed by atoms with Gasteiger partial charge in [-0.25, -0.2) is 0 Å². The largest absolute Gasteiger partial charge is 0.352 e. The Labute approximate surface area is 114 Å². The number of allylic oxidation sites excluding steroid dienone is 1. The quantitative estimate of drug-likeness (QED) is 0.629. The molecular formula is C15H19NOS. The number of nitrogens with one attached hydrogen (secondary N) is 1. The molecule has 0 saturated heterocycles. The molecule has 0 unspecified atom stereocenters. The highest BCUT2D eigenvalue weighted by molar-refractivity contribution is 7.80. The average molecular weight is 261 g/mol. The summed E-state index contributed by atoms with van der Waals surface area (Å²) in [5, 5.41) is 2.96. The summed E-state index contributed by atoms with van der Waals surface area (Å²) in [4.78, 5) is 12.7. The van der Waals surface area contributed by atoms with E-state index in [9.17, 15) is 4.79 Å². The lowest BCUT2D eigenvalue weighted by molar-refractivity contribution is 0.0954. The number of carbonyl (C=O) groups is 1. The summed E-state index contributed by atoms with van der Waals surface area (Å²) in [6, 6.07) is 7.32. The van der Waals surface area contributed by atoms with Crippen LogP contribution in [-0.4, -0.2) is 12.5 Å². The minimum atomic E-state index is -0.0118. The molecule has 0 atom stereocenters. The van der Waals surface area contributed by atoms with Crippen molar-refractivity contribution in [2.45, 2.75) is 37.0 Å². The molecular weight excluding hydrogens is 242 g/mol. The molecule has 2 nitrogen and oxygen atoms in total. The SMILES string of the molecule is O=C(NCCC1=CCCCC1)c1cccc(S)c1. The molecule has 0 fully saturated rings. The summed E-state index contributed by atoms with van der Waals surface area (Å²) in [5.41, 5.74) is 2.17. The van der Waals surface area contributed by atoms with Gasteiger partial charge in [-0.15, -0.1) is 12.6 Å². The summed E-state index contributed by atoms with van der Waals surface area (Å²) < 4.78 is 0. The van der Waals surface area contributed by atoms with E-state index in [0.29, 0.717) is 5.56 Å². The van der Waals surface area contributed by atoms with Crippen molar-refractivity contribution in [3.8, 4) is 0 Å². The fourth-order valence-corrected chi connectivity index (χ4v) is 2.44. The Balaban J connectivity index is 1.79. The van der Waals surface area contributed by atoms with Crippen LogP contribution in [0.5, 0.6) is 0 Å². The average Bonchev–Trinajstić information content (AvgIpc) is 2.40. The van der Waals surface area contributed by atoms with E-state index in [1.54, 1.807) is 6.07 Å². The number of carbonyl (C=O) groups excluding carboxylic acids is 1. The van der Waals surface area contributed by atoms with Gasteiger partial charge in [0, 0.05) is 17.0 Å². The van der Waals surface area contributed by atoms with E-state index >= 15 is 0 Å². The topological polar surface area (TPSA) is 29.1 Å². The van der Waals surface area contributed by atoms with Gasteiger partial charge in [-0.3, -0.25) is 4.79 Å². The predicted molar refractivity (Wildman–Crippen MR) is 77.2 cm³/mol. The molecule has 0 aliphatic heterocycles. The molecule has 1 N–H and O–H groups in total. The first-order chi connectivity index (χ1) is 8.75. The second-order valence-corrected chi connectivity index (χ2v) is 5.18. The Bertz CT molecular complexity index is 454. The highest BCUT2D eigenvalue weighted by Crippen LogP contribution is 2.19. The molecule has 1 aromatic carbocycles. The van der Waals surface area contributed by atoms with Crippen molar-refractivity contribution in [3.63, 3.8) is 0 Å². The number of hydrogen-bond acceptors (Lipinski definition) is 2. The molecule has 1 amide bonds. The highest BCUT2D eigenvalue weighted by atomic mass is 32.1. The normalized spacial score (nSPS) is 15.1. The molecule has 0 spiro atoms. The highest BCUT2D eigenvalue weighted by Gasteiger charge is 2.07. The van der Waals surface area contributed by atoms with Gasteiger partial charge < -0.3 is 5.32 Å². The van der Waals surface area contributed by atoms with Crippen molar-refractivity contribution < 1.29 is 4.79 Å². The van der Waals surface area contributed by atoms with Gasteiger partial charge in [0.2, 0.25) is 0 Å². The molecule has 1 aliphatic rings. The molecule has 1 aliphatic carbocycles. The van der Waals surface area contributed by atoms with E-state index in [2.05, 4.69) is 24.0 Å². The molecule has 0 bridgehead atoms. The van der Waals surface area contributed by atoms with Crippen LogP contribution in [0.2, 0.25) is 0 Å². The summed E-state index contributed by atoms with van der Waals surface area (Å²) in [6.45, 7) is 0.724. The summed E-state index contributed by atoms with van der Waals surface area (Å²) >= 11 is 4.23. The molecule has 18 heavy (non-hydrogen) atoms. The van der Waals surface area contributed by atoms with E-state index in [1.807, 2.05) is 18.2 Å². The molecule has 0 radical (unpaired) electrons. The van der Waals surface area contributed by atoms with Crippen LogP contribution in [0.25, 0.3) is 0 Å². The van der Waals surface area contributed by atoms with Crippen LogP contribution >= 0.6 is 12.6 Å². The maximum absolute atomic E-state index is 11.9. The third-order valence-corrected chi connectivity index (χ3v) is 3.50.